The van der Waals surface area contributed by atoms with Crippen molar-refractivity contribution in [1.82, 2.24) is 0 Å². The molecule has 0 saturated heterocycles. The van der Waals surface area contributed by atoms with E-state index in [0.29, 0.717) is 5.75 Å². The van der Waals surface area contributed by atoms with Gasteiger partial charge in [-0.2, -0.15) is 0 Å². The van der Waals surface area contributed by atoms with Gasteiger partial charge in [-0.25, -0.2) is 0 Å². The smallest absolute Gasteiger partial charge is 0.102 e. The zero-order chi connectivity index (χ0) is 7.82. The average molecular weight is 164 g/mol. The highest BCUT2D eigenvalue weighted by Crippen LogP contribution is 2.02. The lowest BCUT2D eigenvalue weighted by Crippen LogP contribution is -2.17. The van der Waals surface area contributed by atoms with Crippen molar-refractivity contribution < 1.29 is 14.4 Å². The summed E-state index contributed by atoms with van der Waals surface area (Å²) in [5.41, 5.74) is 0. The Hall–Kier alpha value is -0.0300. The molecule has 0 rings (SSSR count). The van der Waals surface area contributed by atoms with Crippen LogP contribution in [0, 0.1) is 0 Å². The van der Waals surface area contributed by atoms with Gasteiger partial charge in [0.2, 0.25) is 0 Å². The molecule has 1 unspecified atom stereocenters. The lowest BCUT2D eigenvalue weighted by Gasteiger charge is -2.04. The van der Waals surface area contributed by atoms with E-state index in [-0.39, 0.29) is 13.2 Å². The number of aliphatic hydroxyl groups excluding tert-OH is 2. The fraction of sp³-hybridized carbons (Fsp3) is 0.667. The van der Waals surface area contributed by atoms with Crippen LogP contribution >= 0.6 is 12.0 Å². The Bertz CT molecular complexity index is 87.1. The van der Waals surface area contributed by atoms with Crippen LogP contribution in [0.4, 0.5) is 0 Å². The molecule has 10 heavy (non-hydrogen) atoms. The number of aliphatic hydroxyl groups is 2. The Morgan fingerprint density at radius 3 is 2.90 bits per heavy atom. The number of rotatable bonds is 6. The second-order valence-corrected chi connectivity index (χ2v) is 2.50. The maximum absolute atomic E-state index is 8.74. The van der Waals surface area contributed by atoms with Crippen LogP contribution in [0.1, 0.15) is 0 Å². The van der Waals surface area contributed by atoms with Crippen LogP contribution in [0.15, 0.2) is 12.7 Å². The summed E-state index contributed by atoms with van der Waals surface area (Å²) in [6, 6.07) is 0. The first kappa shape index (κ1) is 9.97. The van der Waals surface area contributed by atoms with Gasteiger partial charge in [0.1, 0.15) is 6.10 Å². The second-order valence-electron chi connectivity index (χ2n) is 1.69. The maximum atomic E-state index is 8.74. The molecule has 0 fully saturated rings. The van der Waals surface area contributed by atoms with Gasteiger partial charge in [0.15, 0.2) is 0 Å². The second kappa shape index (κ2) is 7.08. The molecule has 3 nitrogen and oxygen atoms in total. The molecule has 0 aromatic carbocycles. The lowest BCUT2D eigenvalue weighted by atomic mass is 10.4. The van der Waals surface area contributed by atoms with Crippen LogP contribution < -0.4 is 0 Å². The van der Waals surface area contributed by atoms with Gasteiger partial charge in [-0.3, -0.25) is 0 Å². The van der Waals surface area contributed by atoms with Crippen LogP contribution in [0.5, 0.6) is 0 Å². The topological polar surface area (TPSA) is 49.7 Å². The molecular weight excluding hydrogens is 152 g/mol. The fourth-order valence-electron chi connectivity index (χ4n) is 0.276. The van der Waals surface area contributed by atoms with E-state index < -0.39 is 6.10 Å². The van der Waals surface area contributed by atoms with Gasteiger partial charge in [0.05, 0.1) is 13.2 Å². The highest BCUT2D eigenvalue weighted by atomic mass is 32.2. The zero-order valence-electron chi connectivity index (χ0n) is 5.69. The van der Waals surface area contributed by atoms with Gasteiger partial charge in [0, 0.05) is 5.75 Å². The van der Waals surface area contributed by atoms with Gasteiger partial charge in [-0.05, 0) is 12.0 Å². The molecule has 0 radical (unpaired) electrons. The van der Waals surface area contributed by atoms with Crippen LogP contribution in [0.3, 0.4) is 0 Å². The third-order valence-electron chi connectivity index (χ3n) is 0.740. The number of hydrogen-bond acceptors (Lipinski definition) is 4. The summed E-state index contributed by atoms with van der Waals surface area (Å²) in [5, 5.41) is 17.1. The molecule has 0 heterocycles. The molecule has 0 aliphatic carbocycles. The summed E-state index contributed by atoms with van der Waals surface area (Å²) in [7, 11) is 0. The van der Waals surface area contributed by atoms with E-state index >= 15 is 0 Å². The SMILES string of the molecule is C=CCSOCC(O)CO. The largest absolute Gasteiger partial charge is 0.394 e. The van der Waals surface area contributed by atoms with E-state index in [1.54, 1.807) is 6.08 Å². The van der Waals surface area contributed by atoms with E-state index in [1.807, 2.05) is 0 Å². The maximum Gasteiger partial charge on any atom is 0.102 e. The van der Waals surface area contributed by atoms with Crippen LogP contribution in [0.25, 0.3) is 0 Å². The van der Waals surface area contributed by atoms with Gasteiger partial charge in [0.25, 0.3) is 0 Å². The summed E-state index contributed by atoms with van der Waals surface area (Å²) < 4.78 is 4.86. The molecule has 1 atom stereocenters. The Morgan fingerprint density at radius 2 is 2.40 bits per heavy atom. The average Bonchev–Trinajstić information content (AvgIpc) is 1.98. The van der Waals surface area contributed by atoms with Crippen molar-refractivity contribution in [1.29, 1.82) is 0 Å². The molecule has 0 amide bonds. The monoisotopic (exact) mass is 164 g/mol. The van der Waals surface area contributed by atoms with Gasteiger partial charge >= 0.3 is 0 Å². The van der Waals surface area contributed by atoms with Crippen LogP contribution in [-0.4, -0.2) is 35.3 Å². The highest BCUT2D eigenvalue weighted by molar-refractivity contribution is 7.94. The van der Waals surface area contributed by atoms with Crippen molar-refractivity contribution in [2.24, 2.45) is 0 Å². The Morgan fingerprint density at radius 1 is 1.70 bits per heavy atom. The van der Waals surface area contributed by atoms with Crippen molar-refractivity contribution in [2.75, 3.05) is 19.0 Å². The molecule has 0 spiro atoms. The van der Waals surface area contributed by atoms with Crippen molar-refractivity contribution in [3.8, 4) is 0 Å². The molecule has 0 aliphatic rings. The van der Waals surface area contributed by atoms with E-state index in [1.165, 1.54) is 12.0 Å². The molecule has 0 aromatic rings. The predicted molar refractivity (Wildman–Crippen MR) is 41.7 cm³/mol. The summed E-state index contributed by atoms with van der Waals surface area (Å²) in [6.07, 6.45) is 0.938. The molecule has 4 heteroatoms. The molecule has 60 valence electrons. The summed E-state index contributed by atoms with van der Waals surface area (Å²) in [5.74, 6) is 0.693. The van der Waals surface area contributed by atoms with Crippen molar-refractivity contribution in [2.45, 2.75) is 6.10 Å². The first-order valence-corrected chi connectivity index (χ1v) is 3.86. The Kier molecular flexibility index (Phi) is 7.06. The Balaban J connectivity index is 2.95. The third-order valence-corrected chi connectivity index (χ3v) is 1.41. The minimum absolute atomic E-state index is 0.162. The number of hydrogen-bond donors (Lipinski definition) is 2. The van der Waals surface area contributed by atoms with Gasteiger partial charge < -0.3 is 14.4 Å². The quantitative estimate of drug-likeness (QED) is 0.334. The van der Waals surface area contributed by atoms with Gasteiger partial charge in [-0.15, -0.1) is 6.58 Å². The van der Waals surface area contributed by atoms with E-state index in [4.69, 9.17) is 14.4 Å². The van der Waals surface area contributed by atoms with E-state index in [9.17, 15) is 0 Å². The van der Waals surface area contributed by atoms with E-state index in [0.717, 1.165) is 0 Å². The first-order valence-electron chi connectivity index (χ1n) is 2.95. The standard InChI is InChI=1S/C6H12O3S/c1-2-3-10-9-5-6(8)4-7/h2,6-8H,1,3-5H2. The molecule has 0 bridgehead atoms. The first-order chi connectivity index (χ1) is 4.81. The van der Waals surface area contributed by atoms with Crippen molar-refractivity contribution >= 4 is 12.0 Å². The Labute approximate surface area is 64.9 Å². The zero-order valence-corrected chi connectivity index (χ0v) is 6.51. The van der Waals surface area contributed by atoms with Crippen molar-refractivity contribution in [3.05, 3.63) is 12.7 Å². The minimum atomic E-state index is -0.766. The third kappa shape index (κ3) is 6.10. The molecular formula is C6H12O3S. The molecule has 0 aromatic heterocycles. The lowest BCUT2D eigenvalue weighted by molar-refractivity contribution is 0.0603. The molecule has 0 saturated carbocycles. The minimum Gasteiger partial charge on any atom is -0.394 e. The van der Waals surface area contributed by atoms with Crippen LogP contribution in [0.2, 0.25) is 0 Å². The summed E-state index contributed by atoms with van der Waals surface area (Å²) >= 11 is 1.21. The summed E-state index contributed by atoms with van der Waals surface area (Å²) in [4.78, 5) is 0. The van der Waals surface area contributed by atoms with Crippen molar-refractivity contribution in [3.63, 3.8) is 0 Å². The highest BCUT2D eigenvalue weighted by Gasteiger charge is 2.00. The summed E-state index contributed by atoms with van der Waals surface area (Å²) in [6.45, 7) is 3.39. The molecule has 0 aliphatic heterocycles. The fourth-order valence-corrected chi connectivity index (χ4v) is 0.721. The predicted octanol–water partition coefficient (Wildman–Crippen LogP) is 0.190. The van der Waals surface area contributed by atoms with Crippen LogP contribution in [-0.2, 0) is 4.18 Å². The molecule has 2 N–H and O–H groups in total. The van der Waals surface area contributed by atoms with Gasteiger partial charge in [-0.1, -0.05) is 6.08 Å². The normalized spacial score (nSPS) is 13.0. The van der Waals surface area contributed by atoms with E-state index in [2.05, 4.69) is 6.58 Å².